The summed E-state index contributed by atoms with van der Waals surface area (Å²) in [5.74, 6) is 1.15. The van der Waals surface area contributed by atoms with E-state index in [2.05, 4.69) is 13.8 Å². The lowest BCUT2D eigenvalue weighted by molar-refractivity contribution is -0.293. The van der Waals surface area contributed by atoms with Crippen LogP contribution in [-0.2, 0) is 4.89 Å². The van der Waals surface area contributed by atoms with Gasteiger partial charge in [0.05, 0.1) is 0 Å². The average molecular weight is 194 g/mol. The zero-order valence-electron chi connectivity index (χ0n) is 9.28. The van der Waals surface area contributed by atoms with Gasteiger partial charge in [-0.3, -0.25) is 0 Å². The molecule has 1 aromatic rings. The van der Waals surface area contributed by atoms with Gasteiger partial charge >= 0.3 is 0 Å². The fraction of sp³-hybridized carbons (Fsp3) is 0.500. The Bertz CT molecular complexity index is 265. The van der Waals surface area contributed by atoms with E-state index < -0.39 is 0 Å². The van der Waals surface area contributed by atoms with Crippen molar-refractivity contribution >= 4 is 0 Å². The highest BCUT2D eigenvalue weighted by Gasteiger charge is 2.25. The van der Waals surface area contributed by atoms with Gasteiger partial charge in [-0.2, -0.15) is 4.89 Å². The van der Waals surface area contributed by atoms with Crippen LogP contribution in [0, 0.1) is 5.92 Å². The minimum atomic E-state index is -0.268. The van der Waals surface area contributed by atoms with Gasteiger partial charge in [0, 0.05) is 0 Å². The number of hydrogen-bond donors (Lipinski definition) is 0. The van der Waals surface area contributed by atoms with Crippen molar-refractivity contribution in [2.24, 2.45) is 5.92 Å². The van der Waals surface area contributed by atoms with Crippen molar-refractivity contribution < 1.29 is 9.78 Å². The zero-order valence-corrected chi connectivity index (χ0v) is 9.28. The van der Waals surface area contributed by atoms with Gasteiger partial charge in [0.1, 0.15) is 5.60 Å². The van der Waals surface area contributed by atoms with Crippen molar-refractivity contribution in [2.45, 2.75) is 33.3 Å². The monoisotopic (exact) mass is 194 g/mol. The second-order valence-corrected chi connectivity index (χ2v) is 4.24. The van der Waals surface area contributed by atoms with Gasteiger partial charge in [-0.15, -0.1) is 0 Å². The SMILES string of the molecule is CC(C)C(C)(C)OOc1ccccc1. The predicted molar refractivity (Wildman–Crippen MR) is 57.1 cm³/mol. The van der Waals surface area contributed by atoms with Gasteiger partial charge in [-0.1, -0.05) is 32.0 Å². The van der Waals surface area contributed by atoms with E-state index in [0.29, 0.717) is 5.92 Å². The summed E-state index contributed by atoms with van der Waals surface area (Å²) in [6, 6.07) is 9.52. The highest BCUT2D eigenvalue weighted by atomic mass is 17.2. The lowest BCUT2D eigenvalue weighted by Gasteiger charge is -2.27. The van der Waals surface area contributed by atoms with Gasteiger partial charge < -0.3 is 4.89 Å². The summed E-state index contributed by atoms with van der Waals surface area (Å²) < 4.78 is 0. The first-order chi connectivity index (χ1) is 6.52. The lowest BCUT2D eigenvalue weighted by Crippen LogP contribution is -2.32. The third kappa shape index (κ3) is 3.04. The van der Waals surface area contributed by atoms with E-state index in [0.717, 1.165) is 5.75 Å². The van der Waals surface area contributed by atoms with E-state index >= 15 is 0 Å². The van der Waals surface area contributed by atoms with Crippen LogP contribution >= 0.6 is 0 Å². The van der Waals surface area contributed by atoms with Crippen molar-refractivity contribution in [3.63, 3.8) is 0 Å². The fourth-order valence-electron chi connectivity index (χ4n) is 0.728. The largest absolute Gasteiger partial charge is 0.337 e. The molecule has 0 aliphatic rings. The summed E-state index contributed by atoms with van der Waals surface area (Å²) in [7, 11) is 0. The van der Waals surface area contributed by atoms with Crippen molar-refractivity contribution in [1.82, 2.24) is 0 Å². The number of para-hydroxylation sites is 1. The van der Waals surface area contributed by atoms with Crippen molar-refractivity contribution in [1.29, 1.82) is 0 Å². The third-order valence-electron chi connectivity index (χ3n) is 2.49. The van der Waals surface area contributed by atoms with E-state index in [-0.39, 0.29) is 5.60 Å². The Morgan fingerprint density at radius 3 is 2.14 bits per heavy atom. The van der Waals surface area contributed by atoms with Crippen LogP contribution < -0.4 is 4.89 Å². The molecule has 0 heterocycles. The highest BCUT2D eigenvalue weighted by Crippen LogP contribution is 2.22. The molecule has 1 aromatic carbocycles. The van der Waals surface area contributed by atoms with E-state index in [1.807, 2.05) is 44.2 Å². The molecule has 14 heavy (non-hydrogen) atoms. The van der Waals surface area contributed by atoms with Crippen molar-refractivity contribution in [3.8, 4) is 5.75 Å². The van der Waals surface area contributed by atoms with Crippen LogP contribution in [0.15, 0.2) is 30.3 Å². The lowest BCUT2D eigenvalue weighted by atomic mass is 9.95. The normalized spacial score (nSPS) is 11.8. The minimum Gasteiger partial charge on any atom is -0.337 e. The van der Waals surface area contributed by atoms with E-state index in [1.54, 1.807) is 0 Å². The first-order valence-corrected chi connectivity index (χ1v) is 4.93. The number of hydrogen-bond acceptors (Lipinski definition) is 2. The smallest absolute Gasteiger partial charge is 0.165 e. The van der Waals surface area contributed by atoms with Crippen LogP contribution in [-0.4, -0.2) is 5.60 Å². The summed E-state index contributed by atoms with van der Waals surface area (Å²) >= 11 is 0. The van der Waals surface area contributed by atoms with E-state index in [4.69, 9.17) is 9.78 Å². The molecule has 2 heteroatoms. The molecular formula is C12H18O2. The van der Waals surface area contributed by atoms with Crippen LogP contribution in [0.1, 0.15) is 27.7 Å². The molecule has 0 unspecified atom stereocenters. The Kier molecular flexibility index (Phi) is 3.53. The van der Waals surface area contributed by atoms with E-state index in [9.17, 15) is 0 Å². The highest BCUT2D eigenvalue weighted by molar-refractivity contribution is 5.20. The molecule has 0 aliphatic heterocycles. The van der Waals surface area contributed by atoms with Crippen molar-refractivity contribution in [2.75, 3.05) is 0 Å². The van der Waals surface area contributed by atoms with Crippen molar-refractivity contribution in [3.05, 3.63) is 30.3 Å². The molecule has 0 N–H and O–H groups in total. The first-order valence-electron chi connectivity index (χ1n) is 4.93. The summed E-state index contributed by atoms with van der Waals surface area (Å²) in [6.07, 6.45) is 0. The molecular weight excluding hydrogens is 176 g/mol. The second kappa shape index (κ2) is 4.47. The summed E-state index contributed by atoms with van der Waals surface area (Å²) in [5.41, 5.74) is -0.268. The van der Waals surface area contributed by atoms with Crippen LogP contribution in [0.5, 0.6) is 5.75 Å². The molecule has 0 bridgehead atoms. The van der Waals surface area contributed by atoms with Crippen LogP contribution in [0.3, 0.4) is 0 Å². The summed E-state index contributed by atoms with van der Waals surface area (Å²) in [5, 5.41) is 0. The molecule has 0 amide bonds. The Morgan fingerprint density at radius 2 is 1.64 bits per heavy atom. The summed E-state index contributed by atoms with van der Waals surface area (Å²) in [6.45, 7) is 8.24. The second-order valence-electron chi connectivity index (χ2n) is 4.24. The fourth-order valence-corrected chi connectivity index (χ4v) is 0.728. The van der Waals surface area contributed by atoms with Crippen LogP contribution in [0.2, 0.25) is 0 Å². The maximum Gasteiger partial charge on any atom is 0.165 e. The predicted octanol–water partition coefficient (Wildman–Crippen LogP) is 3.43. The summed E-state index contributed by atoms with van der Waals surface area (Å²) in [4.78, 5) is 10.6. The molecule has 78 valence electrons. The topological polar surface area (TPSA) is 18.5 Å². The average Bonchev–Trinajstić information content (AvgIpc) is 2.16. The van der Waals surface area contributed by atoms with Gasteiger partial charge in [0.2, 0.25) is 0 Å². The molecule has 0 atom stereocenters. The molecule has 1 rings (SSSR count). The van der Waals surface area contributed by atoms with Crippen LogP contribution in [0.4, 0.5) is 0 Å². The maximum absolute atomic E-state index is 5.38. The maximum atomic E-state index is 5.38. The standard InChI is InChI=1S/C12H18O2/c1-10(2)12(3,4)14-13-11-8-6-5-7-9-11/h5-10H,1-4H3. The molecule has 2 nitrogen and oxygen atoms in total. The Labute approximate surface area is 85.8 Å². The first kappa shape index (κ1) is 11.1. The van der Waals surface area contributed by atoms with Gasteiger partial charge in [-0.25, -0.2) is 0 Å². The zero-order chi connectivity index (χ0) is 10.6. The molecule has 0 aliphatic carbocycles. The Morgan fingerprint density at radius 1 is 1.07 bits per heavy atom. The molecule has 0 spiro atoms. The van der Waals surface area contributed by atoms with Gasteiger partial charge in [0.25, 0.3) is 0 Å². The molecule has 0 aromatic heterocycles. The number of benzene rings is 1. The minimum absolute atomic E-state index is 0.268. The third-order valence-corrected chi connectivity index (χ3v) is 2.49. The van der Waals surface area contributed by atoms with E-state index in [1.165, 1.54) is 0 Å². The quantitative estimate of drug-likeness (QED) is 0.540. The van der Waals surface area contributed by atoms with Gasteiger partial charge in [0.15, 0.2) is 5.75 Å². The molecule has 0 radical (unpaired) electrons. The Balaban J connectivity index is 2.49. The molecule has 0 saturated carbocycles. The number of rotatable bonds is 4. The Hall–Kier alpha value is -1.02. The van der Waals surface area contributed by atoms with Gasteiger partial charge in [-0.05, 0) is 31.9 Å². The van der Waals surface area contributed by atoms with Crippen LogP contribution in [0.25, 0.3) is 0 Å². The molecule has 0 fully saturated rings. The molecule has 0 saturated heterocycles.